The standard InChI is InChI=1S/C11H18N4O/c1-14(2)11(16)8-15(3)10-5-4-9(6-12)13-7-10/h4-5,7H,6,8,12H2,1-3H3. The van der Waals surface area contributed by atoms with E-state index in [1.54, 1.807) is 25.2 Å². The molecule has 0 aliphatic carbocycles. The van der Waals surface area contributed by atoms with Crippen molar-refractivity contribution in [2.45, 2.75) is 6.54 Å². The largest absolute Gasteiger partial charge is 0.364 e. The third kappa shape index (κ3) is 3.20. The molecule has 16 heavy (non-hydrogen) atoms. The van der Waals surface area contributed by atoms with Crippen molar-refractivity contribution < 1.29 is 4.79 Å². The van der Waals surface area contributed by atoms with Crippen molar-refractivity contribution >= 4 is 11.6 Å². The lowest BCUT2D eigenvalue weighted by atomic mass is 10.3. The van der Waals surface area contributed by atoms with E-state index in [2.05, 4.69) is 4.98 Å². The van der Waals surface area contributed by atoms with Crippen LogP contribution in [-0.2, 0) is 11.3 Å². The van der Waals surface area contributed by atoms with Crippen LogP contribution in [0.2, 0.25) is 0 Å². The topological polar surface area (TPSA) is 62.5 Å². The molecule has 0 saturated heterocycles. The van der Waals surface area contributed by atoms with Gasteiger partial charge in [0.05, 0.1) is 24.1 Å². The first-order chi connectivity index (χ1) is 7.54. The van der Waals surface area contributed by atoms with E-state index in [4.69, 9.17) is 5.73 Å². The van der Waals surface area contributed by atoms with E-state index in [0.717, 1.165) is 11.4 Å². The minimum atomic E-state index is 0.0606. The molecule has 5 heteroatoms. The number of anilines is 1. The Hall–Kier alpha value is -1.62. The minimum Gasteiger partial charge on any atom is -0.364 e. The molecule has 0 spiro atoms. The van der Waals surface area contributed by atoms with E-state index >= 15 is 0 Å². The normalized spacial score (nSPS) is 10.0. The molecule has 1 amide bonds. The van der Waals surface area contributed by atoms with Crippen LogP contribution >= 0.6 is 0 Å². The van der Waals surface area contributed by atoms with Gasteiger partial charge in [-0.25, -0.2) is 0 Å². The maximum absolute atomic E-state index is 11.5. The number of hydrogen-bond donors (Lipinski definition) is 1. The molecular weight excluding hydrogens is 204 g/mol. The van der Waals surface area contributed by atoms with Gasteiger partial charge in [0.15, 0.2) is 0 Å². The highest BCUT2D eigenvalue weighted by molar-refractivity contribution is 5.80. The minimum absolute atomic E-state index is 0.0606. The van der Waals surface area contributed by atoms with Crippen molar-refractivity contribution in [2.24, 2.45) is 5.73 Å². The summed E-state index contributed by atoms with van der Waals surface area (Å²) in [4.78, 5) is 19.1. The van der Waals surface area contributed by atoms with Crippen LogP contribution in [0.1, 0.15) is 5.69 Å². The molecule has 1 aromatic rings. The van der Waals surface area contributed by atoms with Crippen LogP contribution in [0.25, 0.3) is 0 Å². The van der Waals surface area contributed by atoms with Crippen LogP contribution in [0.15, 0.2) is 18.3 Å². The number of aromatic nitrogens is 1. The third-order valence-corrected chi connectivity index (χ3v) is 2.33. The SMILES string of the molecule is CN(C)C(=O)CN(C)c1ccc(CN)nc1. The van der Waals surface area contributed by atoms with Crippen LogP contribution < -0.4 is 10.6 Å². The fourth-order valence-electron chi connectivity index (χ4n) is 1.20. The number of hydrogen-bond acceptors (Lipinski definition) is 4. The van der Waals surface area contributed by atoms with Crippen molar-refractivity contribution in [2.75, 3.05) is 32.6 Å². The number of carbonyl (C=O) groups is 1. The molecule has 1 heterocycles. The number of nitrogens with two attached hydrogens (primary N) is 1. The lowest BCUT2D eigenvalue weighted by molar-refractivity contribution is -0.127. The van der Waals surface area contributed by atoms with Gasteiger partial charge in [-0.05, 0) is 12.1 Å². The predicted molar refractivity (Wildman–Crippen MR) is 64.1 cm³/mol. The molecule has 1 aromatic heterocycles. The van der Waals surface area contributed by atoms with E-state index in [0.29, 0.717) is 13.1 Å². The Bertz CT molecular complexity index is 348. The number of nitrogens with zero attached hydrogens (tertiary/aromatic N) is 3. The van der Waals surface area contributed by atoms with Gasteiger partial charge in [0.25, 0.3) is 0 Å². The van der Waals surface area contributed by atoms with Crippen molar-refractivity contribution in [3.05, 3.63) is 24.0 Å². The molecule has 0 saturated carbocycles. The molecular formula is C11H18N4O. The summed E-state index contributed by atoms with van der Waals surface area (Å²) in [6, 6.07) is 3.78. The van der Waals surface area contributed by atoms with Crippen molar-refractivity contribution in [3.8, 4) is 0 Å². The molecule has 2 N–H and O–H groups in total. The summed E-state index contributed by atoms with van der Waals surface area (Å²) in [5, 5.41) is 0. The second-order valence-corrected chi connectivity index (χ2v) is 3.86. The molecule has 0 atom stereocenters. The number of carbonyl (C=O) groups excluding carboxylic acids is 1. The fourth-order valence-corrected chi connectivity index (χ4v) is 1.20. The summed E-state index contributed by atoms with van der Waals surface area (Å²) >= 11 is 0. The highest BCUT2D eigenvalue weighted by Gasteiger charge is 2.09. The first-order valence-electron chi connectivity index (χ1n) is 5.11. The van der Waals surface area contributed by atoms with E-state index < -0.39 is 0 Å². The third-order valence-electron chi connectivity index (χ3n) is 2.33. The Morgan fingerprint density at radius 3 is 2.50 bits per heavy atom. The smallest absolute Gasteiger partial charge is 0.241 e. The van der Waals surface area contributed by atoms with Crippen molar-refractivity contribution in [1.82, 2.24) is 9.88 Å². The summed E-state index contributed by atoms with van der Waals surface area (Å²) < 4.78 is 0. The van der Waals surface area contributed by atoms with Crippen molar-refractivity contribution in [1.29, 1.82) is 0 Å². The van der Waals surface area contributed by atoms with Gasteiger partial charge in [0.1, 0.15) is 0 Å². The molecule has 0 bridgehead atoms. The number of pyridine rings is 1. The zero-order valence-corrected chi connectivity index (χ0v) is 9.97. The Balaban J connectivity index is 2.65. The van der Waals surface area contributed by atoms with E-state index in [9.17, 15) is 4.79 Å². The summed E-state index contributed by atoms with van der Waals surface area (Å²) in [6.07, 6.45) is 1.73. The molecule has 0 fully saturated rings. The van der Waals surface area contributed by atoms with Gasteiger partial charge in [0.2, 0.25) is 5.91 Å². The van der Waals surface area contributed by atoms with Crippen molar-refractivity contribution in [3.63, 3.8) is 0 Å². The molecule has 0 aliphatic rings. The van der Waals surface area contributed by atoms with Gasteiger partial charge >= 0.3 is 0 Å². The average Bonchev–Trinajstić information content (AvgIpc) is 2.28. The summed E-state index contributed by atoms with van der Waals surface area (Å²) in [7, 11) is 5.35. The quantitative estimate of drug-likeness (QED) is 0.782. The predicted octanol–water partition coefficient (Wildman–Crippen LogP) is 0.0647. The zero-order chi connectivity index (χ0) is 12.1. The molecule has 0 radical (unpaired) electrons. The monoisotopic (exact) mass is 222 g/mol. The molecule has 0 unspecified atom stereocenters. The maximum Gasteiger partial charge on any atom is 0.241 e. The van der Waals surface area contributed by atoms with Gasteiger partial charge in [-0.2, -0.15) is 0 Å². The number of likely N-dealkylation sites (N-methyl/N-ethyl adjacent to an activating group) is 2. The summed E-state index contributed by atoms with van der Waals surface area (Å²) in [5.74, 6) is 0.0606. The Morgan fingerprint density at radius 1 is 1.38 bits per heavy atom. The van der Waals surface area contributed by atoms with Crippen LogP contribution in [0.4, 0.5) is 5.69 Å². The summed E-state index contributed by atoms with van der Waals surface area (Å²) in [6.45, 7) is 0.775. The van der Waals surface area contributed by atoms with E-state index in [1.165, 1.54) is 0 Å². The summed E-state index contributed by atoms with van der Waals surface area (Å²) in [5.41, 5.74) is 7.21. The molecule has 0 aliphatic heterocycles. The average molecular weight is 222 g/mol. The second-order valence-electron chi connectivity index (χ2n) is 3.86. The molecule has 0 aromatic carbocycles. The molecule has 5 nitrogen and oxygen atoms in total. The molecule has 1 rings (SSSR count). The van der Waals surface area contributed by atoms with Gasteiger partial charge < -0.3 is 15.5 Å². The Morgan fingerprint density at radius 2 is 2.06 bits per heavy atom. The van der Waals surface area contributed by atoms with Crippen LogP contribution in [-0.4, -0.2) is 43.5 Å². The van der Waals surface area contributed by atoms with Gasteiger partial charge in [-0.15, -0.1) is 0 Å². The van der Waals surface area contributed by atoms with Gasteiger partial charge in [-0.1, -0.05) is 0 Å². The lowest BCUT2D eigenvalue weighted by Crippen LogP contribution is -2.34. The van der Waals surface area contributed by atoms with Crippen LogP contribution in [0, 0.1) is 0 Å². The first-order valence-corrected chi connectivity index (χ1v) is 5.11. The lowest BCUT2D eigenvalue weighted by Gasteiger charge is -2.20. The number of rotatable bonds is 4. The Labute approximate surface area is 95.9 Å². The highest BCUT2D eigenvalue weighted by atomic mass is 16.2. The highest BCUT2D eigenvalue weighted by Crippen LogP contribution is 2.10. The Kier molecular flexibility index (Phi) is 4.25. The van der Waals surface area contributed by atoms with Crippen LogP contribution in [0.3, 0.4) is 0 Å². The zero-order valence-electron chi connectivity index (χ0n) is 9.97. The van der Waals surface area contributed by atoms with Gasteiger partial charge in [0, 0.05) is 27.7 Å². The van der Waals surface area contributed by atoms with E-state index in [-0.39, 0.29) is 5.91 Å². The first kappa shape index (κ1) is 12.4. The van der Waals surface area contributed by atoms with Crippen LogP contribution in [0.5, 0.6) is 0 Å². The number of amides is 1. The second kappa shape index (κ2) is 5.46. The maximum atomic E-state index is 11.5. The fraction of sp³-hybridized carbons (Fsp3) is 0.455. The molecule has 88 valence electrons. The van der Waals surface area contributed by atoms with E-state index in [1.807, 2.05) is 24.1 Å². The van der Waals surface area contributed by atoms with Gasteiger partial charge in [-0.3, -0.25) is 9.78 Å².